The van der Waals surface area contributed by atoms with E-state index in [2.05, 4.69) is 41.8 Å². The molecule has 0 aliphatic rings. The van der Waals surface area contributed by atoms with Crippen LogP contribution in [-0.4, -0.2) is 21.0 Å². The van der Waals surface area contributed by atoms with Gasteiger partial charge >= 0.3 is 0 Å². The highest BCUT2D eigenvalue weighted by atomic mass is 79.9. The summed E-state index contributed by atoms with van der Waals surface area (Å²) in [4.78, 5) is 0. The molecule has 1 atom stereocenters. The molecule has 0 saturated carbocycles. The SMILES string of the molecule is CCC(C)(C)C(O)Cc1c(Br)c(C)nn1C. The molecule has 16 heavy (non-hydrogen) atoms. The van der Waals surface area contributed by atoms with E-state index in [9.17, 15) is 5.11 Å². The van der Waals surface area contributed by atoms with E-state index in [1.54, 1.807) is 0 Å². The van der Waals surface area contributed by atoms with E-state index in [0.29, 0.717) is 6.42 Å². The van der Waals surface area contributed by atoms with Gasteiger partial charge in [0.1, 0.15) is 0 Å². The summed E-state index contributed by atoms with van der Waals surface area (Å²) >= 11 is 3.52. The summed E-state index contributed by atoms with van der Waals surface area (Å²) in [7, 11) is 1.92. The molecule has 1 unspecified atom stereocenters. The van der Waals surface area contributed by atoms with Gasteiger partial charge in [0.05, 0.1) is 22.0 Å². The number of halogens is 1. The Balaban J connectivity index is 2.89. The molecule has 0 aromatic carbocycles. The summed E-state index contributed by atoms with van der Waals surface area (Å²) in [5.41, 5.74) is 1.97. The lowest BCUT2D eigenvalue weighted by Crippen LogP contribution is -2.31. The number of hydrogen-bond acceptors (Lipinski definition) is 2. The van der Waals surface area contributed by atoms with Crippen LogP contribution < -0.4 is 0 Å². The maximum atomic E-state index is 10.2. The van der Waals surface area contributed by atoms with E-state index in [-0.39, 0.29) is 11.5 Å². The molecule has 0 aliphatic heterocycles. The summed E-state index contributed by atoms with van der Waals surface area (Å²) in [5.74, 6) is 0. The fraction of sp³-hybridized carbons (Fsp3) is 0.750. The maximum Gasteiger partial charge on any atom is 0.0738 e. The maximum absolute atomic E-state index is 10.2. The van der Waals surface area contributed by atoms with E-state index in [1.807, 2.05) is 18.7 Å². The lowest BCUT2D eigenvalue weighted by Gasteiger charge is -2.29. The van der Waals surface area contributed by atoms with Gasteiger partial charge in [-0.3, -0.25) is 4.68 Å². The standard InChI is InChI=1S/C12H21BrN2O/c1-6-12(3,4)10(16)7-9-11(13)8(2)14-15(9)5/h10,16H,6-7H2,1-5H3. The van der Waals surface area contributed by atoms with Crippen molar-refractivity contribution < 1.29 is 5.11 Å². The Hall–Kier alpha value is -0.350. The molecule has 1 heterocycles. The van der Waals surface area contributed by atoms with Crippen LogP contribution in [0.5, 0.6) is 0 Å². The van der Waals surface area contributed by atoms with Gasteiger partial charge in [0.15, 0.2) is 0 Å². The Bertz CT molecular complexity index is 371. The van der Waals surface area contributed by atoms with Gasteiger partial charge in [-0.2, -0.15) is 5.10 Å². The van der Waals surface area contributed by atoms with E-state index >= 15 is 0 Å². The lowest BCUT2D eigenvalue weighted by atomic mass is 9.82. The van der Waals surface area contributed by atoms with Crippen molar-refractivity contribution in [2.24, 2.45) is 12.5 Å². The van der Waals surface area contributed by atoms with Gasteiger partial charge in [-0.25, -0.2) is 0 Å². The minimum atomic E-state index is -0.344. The molecular weight excluding hydrogens is 268 g/mol. The van der Waals surface area contributed by atoms with Crippen LogP contribution in [0.4, 0.5) is 0 Å². The first-order valence-electron chi connectivity index (χ1n) is 5.65. The molecule has 0 saturated heterocycles. The van der Waals surface area contributed by atoms with Crippen LogP contribution in [0.25, 0.3) is 0 Å². The highest BCUT2D eigenvalue weighted by Gasteiger charge is 2.27. The Labute approximate surface area is 106 Å². The molecule has 1 aromatic rings. The number of aliphatic hydroxyl groups is 1. The average Bonchev–Trinajstić information content (AvgIpc) is 2.45. The van der Waals surface area contributed by atoms with Crippen LogP contribution in [-0.2, 0) is 13.5 Å². The van der Waals surface area contributed by atoms with Crippen LogP contribution in [0.15, 0.2) is 4.47 Å². The fourth-order valence-electron chi connectivity index (χ4n) is 1.60. The second-order valence-electron chi connectivity index (χ2n) is 5.03. The normalized spacial score (nSPS) is 14.2. The first-order chi connectivity index (χ1) is 7.29. The van der Waals surface area contributed by atoms with E-state index in [4.69, 9.17) is 0 Å². The third-order valence-corrected chi connectivity index (χ3v) is 4.49. The van der Waals surface area contributed by atoms with Gasteiger partial charge in [0.2, 0.25) is 0 Å². The van der Waals surface area contributed by atoms with Gasteiger partial charge in [-0.1, -0.05) is 20.8 Å². The van der Waals surface area contributed by atoms with Crippen molar-refractivity contribution in [2.75, 3.05) is 0 Å². The molecule has 0 radical (unpaired) electrons. The molecule has 0 amide bonds. The topological polar surface area (TPSA) is 38.1 Å². The van der Waals surface area contributed by atoms with Gasteiger partial charge in [0, 0.05) is 13.5 Å². The Morgan fingerprint density at radius 3 is 2.44 bits per heavy atom. The van der Waals surface area contributed by atoms with Gasteiger partial charge in [-0.15, -0.1) is 0 Å². The van der Waals surface area contributed by atoms with Crippen molar-refractivity contribution >= 4 is 15.9 Å². The fourth-order valence-corrected chi connectivity index (χ4v) is 2.09. The summed E-state index contributed by atoms with van der Waals surface area (Å²) in [6, 6.07) is 0. The van der Waals surface area contributed by atoms with Crippen LogP contribution in [0.1, 0.15) is 38.6 Å². The van der Waals surface area contributed by atoms with Crippen molar-refractivity contribution in [1.29, 1.82) is 0 Å². The molecule has 0 fully saturated rings. The van der Waals surface area contributed by atoms with Crippen molar-refractivity contribution in [3.05, 3.63) is 15.9 Å². The van der Waals surface area contributed by atoms with Crippen molar-refractivity contribution in [1.82, 2.24) is 9.78 Å². The van der Waals surface area contributed by atoms with E-state index in [1.165, 1.54) is 0 Å². The van der Waals surface area contributed by atoms with Crippen LogP contribution in [0, 0.1) is 12.3 Å². The molecule has 4 heteroatoms. The largest absolute Gasteiger partial charge is 0.392 e. The van der Waals surface area contributed by atoms with Crippen molar-refractivity contribution in [3.8, 4) is 0 Å². The molecule has 1 aromatic heterocycles. The predicted molar refractivity (Wildman–Crippen MR) is 69.4 cm³/mol. The molecule has 0 bridgehead atoms. The zero-order chi connectivity index (χ0) is 12.5. The zero-order valence-electron chi connectivity index (χ0n) is 10.7. The summed E-state index contributed by atoms with van der Waals surface area (Å²) in [6.45, 7) is 8.25. The predicted octanol–water partition coefficient (Wildman–Crippen LogP) is 2.83. The highest BCUT2D eigenvalue weighted by molar-refractivity contribution is 9.10. The third kappa shape index (κ3) is 2.66. The lowest BCUT2D eigenvalue weighted by molar-refractivity contribution is 0.0463. The summed E-state index contributed by atoms with van der Waals surface area (Å²) in [6.07, 6.45) is 1.25. The number of aryl methyl sites for hydroxylation is 2. The van der Waals surface area contributed by atoms with E-state index in [0.717, 1.165) is 22.3 Å². The van der Waals surface area contributed by atoms with Gasteiger partial charge < -0.3 is 5.11 Å². The smallest absolute Gasteiger partial charge is 0.0738 e. The average molecular weight is 289 g/mol. The summed E-state index contributed by atoms with van der Waals surface area (Å²) in [5, 5.41) is 14.6. The van der Waals surface area contributed by atoms with E-state index < -0.39 is 0 Å². The van der Waals surface area contributed by atoms with Gasteiger partial charge in [0.25, 0.3) is 0 Å². The number of aliphatic hydroxyl groups excluding tert-OH is 1. The molecule has 3 nitrogen and oxygen atoms in total. The monoisotopic (exact) mass is 288 g/mol. The van der Waals surface area contributed by atoms with Gasteiger partial charge in [-0.05, 0) is 34.7 Å². The number of rotatable bonds is 4. The minimum absolute atomic E-state index is 0.0579. The van der Waals surface area contributed by atoms with Crippen LogP contribution >= 0.6 is 15.9 Å². The Morgan fingerprint density at radius 2 is 2.06 bits per heavy atom. The molecule has 1 rings (SSSR count). The van der Waals surface area contributed by atoms with Crippen molar-refractivity contribution in [2.45, 2.75) is 46.6 Å². The Morgan fingerprint density at radius 1 is 1.50 bits per heavy atom. The Kier molecular flexibility index (Phi) is 4.18. The van der Waals surface area contributed by atoms with Crippen LogP contribution in [0.3, 0.4) is 0 Å². The second kappa shape index (κ2) is 4.88. The third-order valence-electron chi connectivity index (χ3n) is 3.46. The first kappa shape index (κ1) is 13.7. The second-order valence-corrected chi connectivity index (χ2v) is 5.82. The summed E-state index contributed by atoms with van der Waals surface area (Å²) < 4.78 is 2.86. The number of aromatic nitrogens is 2. The first-order valence-corrected chi connectivity index (χ1v) is 6.45. The molecule has 1 N–H and O–H groups in total. The number of hydrogen-bond donors (Lipinski definition) is 1. The molecule has 0 spiro atoms. The quantitative estimate of drug-likeness (QED) is 0.925. The van der Waals surface area contributed by atoms with Crippen molar-refractivity contribution in [3.63, 3.8) is 0 Å². The minimum Gasteiger partial charge on any atom is -0.392 e. The van der Waals surface area contributed by atoms with Crippen LogP contribution in [0.2, 0.25) is 0 Å². The zero-order valence-corrected chi connectivity index (χ0v) is 12.3. The number of nitrogens with zero attached hydrogens (tertiary/aromatic N) is 2. The highest BCUT2D eigenvalue weighted by Crippen LogP contribution is 2.29. The molecule has 0 aliphatic carbocycles. The molecule has 92 valence electrons. The molecular formula is C12H21BrN2O.